The van der Waals surface area contributed by atoms with E-state index in [9.17, 15) is 10.2 Å². The van der Waals surface area contributed by atoms with Crippen molar-refractivity contribution < 1.29 is 10.2 Å². The van der Waals surface area contributed by atoms with Crippen molar-refractivity contribution >= 4 is 11.1 Å². The van der Waals surface area contributed by atoms with Crippen LogP contribution in [0.25, 0.3) is 22.3 Å². The van der Waals surface area contributed by atoms with Crippen LogP contribution in [0.5, 0.6) is 11.5 Å². The summed E-state index contributed by atoms with van der Waals surface area (Å²) in [5.74, 6) is 0.590. The average Bonchev–Trinajstić information content (AvgIpc) is 2.70. The van der Waals surface area contributed by atoms with Crippen LogP contribution >= 0.6 is 0 Å². The van der Waals surface area contributed by atoms with Crippen LogP contribution in [0.4, 0.5) is 0 Å². The summed E-state index contributed by atoms with van der Waals surface area (Å²) in [6.07, 6.45) is 16.9. The molecule has 0 fully saturated rings. The van der Waals surface area contributed by atoms with E-state index >= 15 is 0 Å². The Morgan fingerprint density at radius 3 is 1.42 bits per heavy atom. The Kier molecular flexibility index (Phi) is 4.49. The van der Waals surface area contributed by atoms with E-state index in [0.717, 1.165) is 59.1 Å². The van der Waals surface area contributed by atoms with Crippen LogP contribution in [0.3, 0.4) is 0 Å². The molecule has 2 aromatic rings. The first-order valence-electron chi connectivity index (χ1n) is 9.13. The molecular formula is C24H22O2. The number of phenols is 2. The van der Waals surface area contributed by atoms with Crippen molar-refractivity contribution in [1.29, 1.82) is 0 Å². The molecule has 2 aliphatic carbocycles. The third kappa shape index (κ3) is 3.23. The standard InChI is InChI=1S/C24H22O2/c25-23-13-11-19(15-21(23)17-7-3-1-4-8-17)20-12-14-24(26)22(16-20)18-9-5-2-6-10-18/h3,5,7-16,25-26H,1-2,4,6H2. The van der Waals surface area contributed by atoms with Crippen LogP contribution < -0.4 is 0 Å². The molecule has 0 saturated carbocycles. The summed E-state index contributed by atoms with van der Waals surface area (Å²) in [5, 5.41) is 20.6. The fourth-order valence-electron chi connectivity index (χ4n) is 3.52. The molecule has 0 radical (unpaired) electrons. The third-order valence-electron chi connectivity index (χ3n) is 4.94. The number of hydrogen-bond acceptors (Lipinski definition) is 2. The van der Waals surface area contributed by atoms with Gasteiger partial charge in [-0.2, -0.15) is 0 Å². The van der Waals surface area contributed by atoms with E-state index < -0.39 is 0 Å². The van der Waals surface area contributed by atoms with Crippen LogP contribution in [0.2, 0.25) is 0 Å². The van der Waals surface area contributed by atoms with Crippen molar-refractivity contribution in [1.82, 2.24) is 0 Å². The minimum absolute atomic E-state index is 0.295. The molecule has 2 aliphatic rings. The normalized spacial score (nSPS) is 16.3. The van der Waals surface area contributed by atoms with Crippen molar-refractivity contribution in [3.05, 3.63) is 84.0 Å². The second kappa shape index (κ2) is 7.09. The number of allylic oxidation sites excluding steroid dienone is 8. The quantitative estimate of drug-likeness (QED) is 0.694. The van der Waals surface area contributed by atoms with Crippen molar-refractivity contribution in [2.75, 3.05) is 0 Å². The Labute approximate surface area is 154 Å². The van der Waals surface area contributed by atoms with Crippen LogP contribution in [0.15, 0.2) is 72.9 Å². The molecule has 2 N–H and O–H groups in total. The van der Waals surface area contributed by atoms with E-state index in [-0.39, 0.29) is 0 Å². The van der Waals surface area contributed by atoms with E-state index in [4.69, 9.17) is 0 Å². The van der Waals surface area contributed by atoms with Crippen molar-refractivity contribution in [3.63, 3.8) is 0 Å². The molecule has 4 rings (SSSR count). The lowest BCUT2D eigenvalue weighted by atomic mass is 9.92. The number of benzene rings is 2. The predicted molar refractivity (Wildman–Crippen MR) is 108 cm³/mol. The first-order chi connectivity index (χ1) is 12.7. The van der Waals surface area contributed by atoms with E-state index in [1.165, 1.54) is 0 Å². The van der Waals surface area contributed by atoms with Gasteiger partial charge in [0.05, 0.1) is 0 Å². The van der Waals surface area contributed by atoms with Gasteiger partial charge >= 0.3 is 0 Å². The SMILES string of the molecule is Oc1ccc(-c2ccc(O)c(C3=CCCC=C3)c2)cc1C1=CCCC=C1. The van der Waals surface area contributed by atoms with Gasteiger partial charge in [-0.05, 0) is 72.2 Å². The smallest absolute Gasteiger partial charge is 0.123 e. The van der Waals surface area contributed by atoms with E-state index in [1.807, 2.05) is 24.3 Å². The van der Waals surface area contributed by atoms with Crippen LogP contribution in [0.1, 0.15) is 36.8 Å². The Hall–Kier alpha value is -3.00. The van der Waals surface area contributed by atoms with Gasteiger partial charge < -0.3 is 10.2 Å². The first-order valence-corrected chi connectivity index (χ1v) is 9.13. The van der Waals surface area contributed by atoms with E-state index in [2.05, 4.69) is 36.5 Å². The van der Waals surface area contributed by atoms with Gasteiger partial charge in [0.25, 0.3) is 0 Å². The molecule has 0 saturated heterocycles. The van der Waals surface area contributed by atoms with Crippen molar-refractivity contribution in [2.24, 2.45) is 0 Å². The second-order valence-electron chi connectivity index (χ2n) is 6.74. The monoisotopic (exact) mass is 342 g/mol. The molecule has 2 heteroatoms. The minimum Gasteiger partial charge on any atom is -0.507 e. The zero-order valence-corrected chi connectivity index (χ0v) is 14.7. The van der Waals surface area contributed by atoms with Gasteiger partial charge in [0.2, 0.25) is 0 Å². The molecule has 0 unspecified atom stereocenters. The Morgan fingerprint density at radius 1 is 0.577 bits per heavy atom. The lowest BCUT2D eigenvalue weighted by Crippen LogP contribution is -1.91. The lowest BCUT2D eigenvalue weighted by Gasteiger charge is -2.14. The zero-order chi connectivity index (χ0) is 17.9. The highest BCUT2D eigenvalue weighted by atomic mass is 16.3. The van der Waals surface area contributed by atoms with Gasteiger partial charge in [0.1, 0.15) is 11.5 Å². The number of rotatable bonds is 3. The summed E-state index contributed by atoms with van der Waals surface area (Å²) in [6, 6.07) is 11.4. The molecule has 0 heterocycles. The summed E-state index contributed by atoms with van der Waals surface area (Å²) >= 11 is 0. The minimum atomic E-state index is 0.295. The van der Waals surface area contributed by atoms with Crippen molar-refractivity contribution in [2.45, 2.75) is 25.7 Å². The number of phenolic OH excluding ortho intramolecular Hbond substituents is 2. The van der Waals surface area contributed by atoms with Gasteiger partial charge in [0.15, 0.2) is 0 Å². The fraction of sp³-hybridized carbons (Fsp3) is 0.167. The molecule has 0 atom stereocenters. The average molecular weight is 342 g/mol. The summed E-state index contributed by atoms with van der Waals surface area (Å²) < 4.78 is 0. The van der Waals surface area contributed by atoms with Gasteiger partial charge in [-0.3, -0.25) is 0 Å². The highest BCUT2D eigenvalue weighted by molar-refractivity contribution is 5.84. The molecule has 0 bridgehead atoms. The maximum Gasteiger partial charge on any atom is 0.123 e. The van der Waals surface area contributed by atoms with E-state index in [1.54, 1.807) is 12.1 Å². The van der Waals surface area contributed by atoms with Crippen LogP contribution in [0, 0.1) is 0 Å². The molecule has 130 valence electrons. The van der Waals surface area contributed by atoms with Gasteiger partial charge in [0, 0.05) is 11.1 Å². The molecule has 0 aliphatic heterocycles. The van der Waals surface area contributed by atoms with Gasteiger partial charge in [-0.15, -0.1) is 0 Å². The largest absolute Gasteiger partial charge is 0.507 e. The zero-order valence-electron chi connectivity index (χ0n) is 14.7. The summed E-state index contributed by atoms with van der Waals surface area (Å²) in [4.78, 5) is 0. The Bertz CT molecular complexity index is 879. The molecule has 2 aromatic carbocycles. The molecule has 0 amide bonds. The molecule has 26 heavy (non-hydrogen) atoms. The molecule has 0 spiro atoms. The number of hydrogen-bond donors (Lipinski definition) is 2. The predicted octanol–water partition coefficient (Wildman–Crippen LogP) is 6.23. The Balaban J connectivity index is 1.76. The summed E-state index contributed by atoms with van der Waals surface area (Å²) in [6.45, 7) is 0. The first kappa shape index (κ1) is 16.5. The van der Waals surface area contributed by atoms with E-state index in [0.29, 0.717) is 11.5 Å². The molecule has 0 aromatic heterocycles. The van der Waals surface area contributed by atoms with Gasteiger partial charge in [-0.25, -0.2) is 0 Å². The van der Waals surface area contributed by atoms with Crippen molar-refractivity contribution in [3.8, 4) is 22.6 Å². The highest BCUT2D eigenvalue weighted by Gasteiger charge is 2.12. The maximum absolute atomic E-state index is 10.3. The fourth-order valence-corrected chi connectivity index (χ4v) is 3.52. The van der Waals surface area contributed by atoms with Crippen LogP contribution in [-0.4, -0.2) is 10.2 Å². The third-order valence-corrected chi connectivity index (χ3v) is 4.94. The molecular weight excluding hydrogens is 320 g/mol. The summed E-state index contributed by atoms with van der Waals surface area (Å²) in [7, 11) is 0. The second-order valence-corrected chi connectivity index (χ2v) is 6.74. The van der Waals surface area contributed by atoms with Crippen LogP contribution in [-0.2, 0) is 0 Å². The highest BCUT2D eigenvalue weighted by Crippen LogP contribution is 2.36. The number of aromatic hydroxyl groups is 2. The molecule has 2 nitrogen and oxygen atoms in total. The lowest BCUT2D eigenvalue weighted by molar-refractivity contribution is 0.473. The summed E-state index contributed by atoms with van der Waals surface area (Å²) in [5.41, 5.74) is 5.88. The Morgan fingerprint density at radius 2 is 1.04 bits per heavy atom. The van der Waals surface area contributed by atoms with Gasteiger partial charge in [-0.1, -0.05) is 48.6 Å². The maximum atomic E-state index is 10.3. The topological polar surface area (TPSA) is 40.5 Å².